The van der Waals surface area contributed by atoms with Gasteiger partial charge in [-0.1, -0.05) is 30.3 Å². The molecule has 2 aromatic carbocycles. The zero-order chi connectivity index (χ0) is 18.3. The summed E-state index contributed by atoms with van der Waals surface area (Å²) in [5.74, 6) is -1.80. The summed E-state index contributed by atoms with van der Waals surface area (Å²) in [6.07, 6.45) is 1.43. The van der Waals surface area contributed by atoms with Crippen molar-refractivity contribution in [2.75, 3.05) is 6.54 Å². The van der Waals surface area contributed by atoms with Crippen molar-refractivity contribution < 1.29 is 23.1 Å². The van der Waals surface area contributed by atoms with Crippen molar-refractivity contribution in [1.29, 1.82) is 0 Å². The Hall–Kier alpha value is -3.04. The highest BCUT2D eigenvalue weighted by Crippen LogP contribution is 2.10. The van der Waals surface area contributed by atoms with E-state index in [0.29, 0.717) is 0 Å². The molecule has 25 heavy (non-hydrogen) atoms. The molecule has 2 aromatic rings. The van der Waals surface area contributed by atoms with E-state index in [1.165, 1.54) is 18.3 Å². The molecule has 0 aliphatic carbocycles. The summed E-state index contributed by atoms with van der Waals surface area (Å²) in [4.78, 5) is 22.2. The first-order valence-corrected chi connectivity index (χ1v) is 8.57. The summed E-state index contributed by atoms with van der Waals surface area (Å²) in [7, 11) is -3.93. The van der Waals surface area contributed by atoms with Crippen LogP contribution in [0.5, 0.6) is 0 Å². The third-order valence-corrected chi connectivity index (χ3v) is 4.45. The molecule has 0 spiro atoms. The number of hydrogen-bond acceptors (Lipinski definition) is 5. The van der Waals surface area contributed by atoms with Crippen molar-refractivity contribution in [2.45, 2.75) is 4.90 Å². The topological polar surface area (TPSA) is 125 Å². The number of amides is 1. The largest absolute Gasteiger partial charge is 0.478 e. The molecule has 0 bridgehead atoms. The van der Waals surface area contributed by atoms with Gasteiger partial charge in [-0.05, 0) is 29.8 Å². The molecule has 0 radical (unpaired) electrons. The summed E-state index contributed by atoms with van der Waals surface area (Å²) in [6.45, 7) is -0.505. The number of nitrogens with zero attached hydrogens (tertiary/aromatic N) is 1. The Labute approximate surface area is 144 Å². The van der Waals surface area contributed by atoms with E-state index in [0.717, 1.165) is 17.7 Å². The van der Waals surface area contributed by atoms with E-state index in [1.54, 1.807) is 12.1 Å². The zero-order valence-electron chi connectivity index (χ0n) is 12.9. The van der Waals surface area contributed by atoms with E-state index in [1.807, 2.05) is 18.2 Å². The number of hydrazone groups is 1. The van der Waals surface area contributed by atoms with Crippen LogP contribution in [0.25, 0.3) is 0 Å². The van der Waals surface area contributed by atoms with Crippen LogP contribution in [-0.2, 0) is 14.8 Å². The van der Waals surface area contributed by atoms with Gasteiger partial charge < -0.3 is 5.11 Å². The van der Waals surface area contributed by atoms with Crippen molar-refractivity contribution in [3.8, 4) is 0 Å². The molecule has 0 aliphatic heterocycles. The Balaban J connectivity index is 1.89. The minimum absolute atomic E-state index is 0.0352. The van der Waals surface area contributed by atoms with Gasteiger partial charge in [0.25, 0.3) is 5.91 Å². The number of sulfonamides is 1. The third-order valence-electron chi connectivity index (χ3n) is 3.04. The van der Waals surface area contributed by atoms with Crippen LogP contribution >= 0.6 is 0 Å². The van der Waals surface area contributed by atoms with E-state index in [-0.39, 0.29) is 10.5 Å². The van der Waals surface area contributed by atoms with Crippen molar-refractivity contribution in [2.24, 2.45) is 5.10 Å². The molecule has 0 unspecified atom stereocenters. The Morgan fingerprint density at radius 3 is 2.28 bits per heavy atom. The lowest BCUT2D eigenvalue weighted by atomic mass is 10.2. The van der Waals surface area contributed by atoms with Crippen molar-refractivity contribution in [3.63, 3.8) is 0 Å². The van der Waals surface area contributed by atoms with E-state index < -0.39 is 28.4 Å². The number of carbonyl (C=O) groups excluding carboxylic acids is 1. The maximum atomic E-state index is 12.0. The monoisotopic (exact) mass is 361 g/mol. The van der Waals surface area contributed by atoms with E-state index in [4.69, 9.17) is 5.11 Å². The standard InChI is InChI=1S/C16H15N3O5S/c20-15(19-17-10-12-4-2-1-3-5-12)11-18-25(23,24)14-8-6-13(7-9-14)16(21)22/h1-10,18H,11H2,(H,19,20)(H,21,22)/b17-10+. The van der Waals surface area contributed by atoms with Crippen molar-refractivity contribution >= 4 is 28.1 Å². The fraction of sp³-hybridized carbons (Fsp3) is 0.0625. The van der Waals surface area contributed by atoms with E-state index >= 15 is 0 Å². The molecule has 0 aromatic heterocycles. The quantitative estimate of drug-likeness (QED) is 0.497. The molecule has 1 amide bonds. The maximum Gasteiger partial charge on any atom is 0.335 e. The number of hydrogen-bond donors (Lipinski definition) is 3. The highest BCUT2D eigenvalue weighted by Gasteiger charge is 2.16. The Kier molecular flexibility index (Phi) is 5.98. The molecule has 130 valence electrons. The first-order chi connectivity index (χ1) is 11.9. The van der Waals surface area contributed by atoms with Crippen molar-refractivity contribution in [1.82, 2.24) is 10.1 Å². The molecule has 9 heteroatoms. The first-order valence-electron chi connectivity index (χ1n) is 7.08. The highest BCUT2D eigenvalue weighted by molar-refractivity contribution is 7.89. The predicted octanol–water partition coefficient (Wildman–Crippen LogP) is 0.813. The van der Waals surface area contributed by atoms with Gasteiger partial charge in [0.1, 0.15) is 0 Å². The maximum absolute atomic E-state index is 12.0. The summed E-state index contributed by atoms with van der Waals surface area (Å²) in [5.41, 5.74) is 2.95. The minimum atomic E-state index is -3.93. The number of benzene rings is 2. The molecule has 2 rings (SSSR count). The van der Waals surface area contributed by atoms with Gasteiger partial charge >= 0.3 is 5.97 Å². The molecule has 0 fully saturated rings. The van der Waals surface area contributed by atoms with Gasteiger partial charge in [0.05, 0.1) is 23.2 Å². The van der Waals surface area contributed by atoms with Crippen molar-refractivity contribution in [3.05, 3.63) is 65.7 Å². The smallest absolute Gasteiger partial charge is 0.335 e. The first kappa shape index (κ1) is 18.3. The van der Waals surface area contributed by atoms with Gasteiger partial charge in [-0.25, -0.2) is 23.4 Å². The van der Waals surface area contributed by atoms with Crippen LogP contribution in [0.1, 0.15) is 15.9 Å². The zero-order valence-corrected chi connectivity index (χ0v) is 13.7. The molecule has 0 heterocycles. The van der Waals surface area contributed by atoms with Gasteiger partial charge in [0.15, 0.2) is 0 Å². The fourth-order valence-corrected chi connectivity index (χ4v) is 2.76. The minimum Gasteiger partial charge on any atom is -0.478 e. The number of carboxylic acids is 1. The molecule has 0 saturated heterocycles. The van der Waals surface area contributed by atoms with Gasteiger partial charge in [-0.2, -0.15) is 5.10 Å². The summed E-state index contributed by atoms with van der Waals surface area (Å²) < 4.78 is 26.2. The van der Waals surface area contributed by atoms with Crippen LogP contribution in [0, 0.1) is 0 Å². The average Bonchev–Trinajstić information content (AvgIpc) is 2.61. The van der Waals surface area contributed by atoms with Gasteiger partial charge in [-0.15, -0.1) is 0 Å². The van der Waals surface area contributed by atoms with Gasteiger partial charge in [0.2, 0.25) is 10.0 Å². The lowest BCUT2D eigenvalue weighted by Gasteiger charge is -2.06. The lowest BCUT2D eigenvalue weighted by Crippen LogP contribution is -2.34. The molecule has 3 N–H and O–H groups in total. The van der Waals surface area contributed by atoms with Gasteiger partial charge in [0, 0.05) is 0 Å². The highest BCUT2D eigenvalue weighted by atomic mass is 32.2. The normalized spacial score (nSPS) is 11.4. The van der Waals surface area contributed by atoms with Crippen LogP contribution in [0.3, 0.4) is 0 Å². The molecule has 0 saturated carbocycles. The van der Waals surface area contributed by atoms with E-state index in [9.17, 15) is 18.0 Å². The van der Waals surface area contributed by atoms with Crippen LogP contribution < -0.4 is 10.1 Å². The third kappa shape index (κ3) is 5.52. The lowest BCUT2D eigenvalue weighted by molar-refractivity contribution is -0.119. The second-order valence-corrected chi connectivity index (χ2v) is 6.62. The van der Waals surface area contributed by atoms with E-state index in [2.05, 4.69) is 15.2 Å². The Bertz CT molecular complexity index is 878. The van der Waals surface area contributed by atoms with Crippen LogP contribution in [0.2, 0.25) is 0 Å². The Morgan fingerprint density at radius 1 is 1.04 bits per heavy atom. The second-order valence-electron chi connectivity index (χ2n) is 4.86. The molecule has 8 nitrogen and oxygen atoms in total. The van der Waals surface area contributed by atoms with Crippen LogP contribution in [0.4, 0.5) is 0 Å². The summed E-state index contributed by atoms with van der Waals surface area (Å²) in [6, 6.07) is 13.7. The van der Waals surface area contributed by atoms with Gasteiger partial charge in [-0.3, -0.25) is 4.79 Å². The predicted molar refractivity (Wildman–Crippen MR) is 90.8 cm³/mol. The molecular weight excluding hydrogens is 346 g/mol. The van der Waals surface area contributed by atoms with Crippen LogP contribution in [-0.4, -0.2) is 38.2 Å². The fourth-order valence-electron chi connectivity index (χ4n) is 1.78. The average molecular weight is 361 g/mol. The number of carboxylic acid groups (broad SMARTS) is 1. The molecular formula is C16H15N3O5S. The SMILES string of the molecule is O=C(CNS(=O)(=O)c1ccc(C(=O)O)cc1)N/N=C/c1ccccc1. The summed E-state index contributed by atoms with van der Waals surface area (Å²) in [5, 5.41) is 12.5. The number of nitrogens with one attached hydrogen (secondary N) is 2. The number of carbonyl (C=O) groups is 2. The molecule has 0 aliphatic rings. The Morgan fingerprint density at radius 2 is 1.68 bits per heavy atom. The summed E-state index contributed by atoms with van der Waals surface area (Å²) >= 11 is 0. The molecule has 0 atom stereocenters. The van der Waals surface area contributed by atoms with Crippen LogP contribution in [0.15, 0.2) is 64.6 Å². The number of aromatic carboxylic acids is 1. The number of rotatable bonds is 7. The second kappa shape index (κ2) is 8.18.